The largest absolute Gasteiger partial charge is 0.480 e. The van der Waals surface area contributed by atoms with Gasteiger partial charge >= 0.3 is 5.97 Å². The lowest BCUT2D eigenvalue weighted by molar-refractivity contribution is -0.144. The third-order valence-electron chi connectivity index (χ3n) is 3.02. The van der Waals surface area contributed by atoms with Crippen LogP contribution in [0.5, 0.6) is 0 Å². The van der Waals surface area contributed by atoms with Gasteiger partial charge in [0.25, 0.3) is 0 Å². The summed E-state index contributed by atoms with van der Waals surface area (Å²) in [5.41, 5.74) is 1.31. The molecule has 0 spiro atoms. The highest BCUT2D eigenvalue weighted by Crippen LogP contribution is 2.26. The Balaban J connectivity index is 2.39. The standard InChI is InChI=1S/C13H12ClFN2O3/c1-7-9(15)3-2-8(13(7)14)10-4-5-11(18)17(16-10)6-12(19)20/h2-3H,4-6H2,1H3,(H,19,20). The maximum atomic E-state index is 13.4. The lowest BCUT2D eigenvalue weighted by atomic mass is 10.0. The topological polar surface area (TPSA) is 70.0 Å². The van der Waals surface area contributed by atoms with Gasteiger partial charge in [-0.15, -0.1) is 0 Å². The van der Waals surface area contributed by atoms with Crippen molar-refractivity contribution in [3.8, 4) is 0 Å². The molecule has 1 N–H and O–H groups in total. The second-order valence-electron chi connectivity index (χ2n) is 4.43. The molecule has 7 heteroatoms. The van der Waals surface area contributed by atoms with E-state index in [-0.39, 0.29) is 17.4 Å². The number of rotatable bonds is 3. The van der Waals surface area contributed by atoms with E-state index >= 15 is 0 Å². The smallest absolute Gasteiger partial charge is 0.325 e. The van der Waals surface area contributed by atoms with Crippen molar-refractivity contribution in [1.29, 1.82) is 0 Å². The second-order valence-corrected chi connectivity index (χ2v) is 4.80. The summed E-state index contributed by atoms with van der Waals surface area (Å²) < 4.78 is 13.4. The predicted octanol–water partition coefficient (Wildman–Crippen LogP) is 2.20. The van der Waals surface area contributed by atoms with Gasteiger partial charge in [-0.2, -0.15) is 5.10 Å². The number of hydrogen-bond acceptors (Lipinski definition) is 3. The first-order valence-electron chi connectivity index (χ1n) is 5.94. The minimum atomic E-state index is -1.15. The Kier molecular flexibility index (Phi) is 4.04. The van der Waals surface area contributed by atoms with Crippen LogP contribution in [0, 0.1) is 12.7 Å². The van der Waals surface area contributed by atoms with Crippen molar-refractivity contribution in [2.24, 2.45) is 5.10 Å². The van der Waals surface area contributed by atoms with Crippen LogP contribution in [0.2, 0.25) is 5.02 Å². The summed E-state index contributed by atoms with van der Waals surface area (Å²) in [5.74, 6) is -1.93. The number of hydrazone groups is 1. The molecule has 1 amide bonds. The number of amides is 1. The zero-order valence-corrected chi connectivity index (χ0v) is 11.4. The van der Waals surface area contributed by atoms with Gasteiger partial charge < -0.3 is 5.11 Å². The molecule has 0 saturated carbocycles. The Morgan fingerprint density at radius 3 is 2.85 bits per heavy atom. The van der Waals surface area contributed by atoms with Crippen molar-refractivity contribution in [2.45, 2.75) is 19.8 Å². The van der Waals surface area contributed by atoms with E-state index in [9.17, 15) is 14.0 Å². The number of halogens is 2. The second kappa shape index (κ2) is 5.58. The molecule has 0 aliphatic carbocycles. The molecule has 0 unspecified atom stereocenters. The molecule has 20 heavy (non-hydrogen) atoms. The maximum absolute atomic E-state index is 13.4. The molecule has 0 fully saturated rings. The van der Waals surface area contributed by atoms with E-state index in [1.54, 1.807) is 6.92 Å². The van der Waals surface area contributed by atoms with Gasteiger partial charge in [0, 0.05) is 24.0 Å². The third kappa shape index (κ3) is 2.80. The van der Waals surface area contributed by atoms with Crippen LogP contribution >= 0.6 is 11.6 Å². The first-order valence-corrected chi connectivity index (χ1v) is 6.32. The Bertz CT molecular complexity index is 616. The number of benzene rings is 1. The van der Waals surface area contributed by atoms with E-state index in [1.165, 1.54) is 12.1 Å². The number of hydrogen-bond donors (Lipinski definition) is 1. The molecule has 1 aromatic rings. The van der Waals surface area contributed by atoms with Crippen molar-refractivity contribution in [3.05, 3.63) is 34.1 Å². The number of carbonyl (C=O) groups excluding carboxylic acids is 1. The highest BCUT2D eigenvalue weighted by atomic mass is 35.5. The molecular formula is C13H12ClFN2O3. The summed E-state index contributed by atoms with van der Waals surface area (Å²) in [5, 5.41) is 13.9. The zero-order valence-electron chi connectivity index (χ0n) is 10.7. The fourth-order valence-corrected chi connectivity index (χ4v) is 2.19. The predicted molar refractivity (Wildman–Crippen MR) is 71.3 cm³/mol. The van der Waals surface area contributed by atoms with Crippen LogP contribution in [0.1, 0.15) is 24.0 Å². The number of nitrogens with zero attached hydrogens (tertiary/aromatic N) is 2. The van der Waals surface area contributed by atoms with Crippen LogP contribution in [0.3, 0.4) is 0 Å². The molecule has 0 atom stereocenters. The van der Waals surface area contributed by atoms with Crippen molar-refractivity contribution in [2.75, 3.05) is 6.54 Å². The number of carbonyl (C=O) groups is 2. The number of carboxylic acid groups (broad SMARTS) is 1. The first-order chi connectivity index (χ1) is 9.40. The van der Waals surface area contributed by atoms with Crippen molar-refractivity contribution in [3.63, 3.8) is 0 Å². The molecule has 106 valence electrons. The summed E-state index contributed by atoms with van der Waals surface area (Å²) in [6, 6.07) is 2.76. The Hall–Kier alpha value is -1.95. The summed E-state index contributed by atoms with van der Waals surface area (Å²) in [4.78, 5) is 22.3. The average molecular weight is 299 g/mol. The Labute approximate surface area is 119 Å². The highest BCUT2D eigenvalue weighted by molar-refractivity contribution is 6.35. The highest BCUT2D eigenvalue weighted by Gasteiger charge is 2.24. The SMILES string of the molecule is Cc1c(F)ccc(C2=NN(CC(=O)O)C(=O)CC2)c1Cl. The zero-order chi connectivity index (χ0) is 14.9. The van der Waals surface area contributed by atoms with Gasteiger partial charge in [0.2, 0.25) is 5.91 Å². The normalized spacial score (nSPS) is 15.2. The molecule has 0 aromatic heterocycles. The minimum absolute atomic E-state index is 0.152. The van der Waals surface area contributed by atoms with Crippen molar-refractivity contribution < 1.29 is 19.1 Å². The van der Waals surface area contributed by atoms with Crippen molar-refractivity contribution in [1.82, 2.24) is 5.01 Å². The van der Waals surface area contributed by atoms with E-state index in [1.807, 2.05) is 0 Å². The van der Waals surface area contributed by atoms with Gasteiger partial charge in [0.1, 0.15) is 12.4 Å². The van der Waals surface area contributed by atoms with Crippen LogP contribution in [0.4, 0.5) is 4.39 Å². The van der Waals surface area contributed by atoms with E-state index in [0.717, 1.165) is 5.01 Å². The van der Waals surface area contributed by atoms with Crippen LogP contribution in [-0.2, 0) is 9.59 Å². The Morgan fingerprint density at radius 2 is 2.20 bits per heavy atom. The fraction of sp³-hybridized carbons (Fsp3) is 0.308. The lowest BCUT2D eigenvalue weighted by Crippen LogP contribution is -2.35. The van der Waals surface area contributed by atoms with Gasteiger partial charge in [-0.1, -0.05) is 11.6 Å². The van der Waals surface area contributed by atoms with Crippen molar-refractivity contribution >= 4 is 29.2 Å². The Morgan fingerprint density at radius 1 is 1.50 bits per heavy atom. The molecule has 0 bridgehead atoms. The van der Waals surface area contributed by atoms with Crippen LogP contribution in [0.25, 0.3) is 0 Å². The molecule has 1 aliphatic heterocycles. The van der Waals surface area contributed by atoms with E-state index < -0.39 is 18.3 Å². The number of carboxylic acids is 1. The van der Waals surface area contributed by atoms with Gasteiger partial charge in [0.15, 0.2) is 0 Å². The summed E-state index contributed by atoms with van der Waals surface area (Å²) in [6.07, 6.45) is 0.499. The maximum Gasteiger partial charge on any atom is 0.325 e. The van der Waals surface area contributed by atoms with Crippen LogP contribution in [0.15, 0.2) is 17.2 Å². The molecular weight excluding hydrogens is 287 g/mol. The molecule has 5 nitrogen and oxygen atoms in total. The van der Waals surface area contributed by atoms with E-state index in [2.05, 4.69) is 5.10 Å². The first kappa shape index (κ1) is 14.5. The summed E-state index contributed by atoms with van der Waals surface area (Å²) in [6.45, 7) is 1.05. The molecule has 1 aromatic carbocycles. The molecule has 0 saturated heterocycles. The minimum Gasteiger partial charge on any atom is -0.480 e. The van der Waals surface area contributed by atoms with Gasteiger partial charge in [-0.25, -0.2) is 9.40 Å². The quantitative estimate of drug-likeness (QED) is 0.930. The molecule has 0 radical (unpaired) electrons. The third-order valence-corrected chi connectivity index (χ3v) is 3.51. The van der Waals surface area contributed by atoms with Gasteiger partial charge in [0.05, 0.1) is 10.7 Å². The molecule has 2 rings (SSSR count). The average Bonchev–Trinajstić information content (AvgIpc) is 2.39. The van der Waals surface area contributed by atoms with Gasteiger partial charge in [-0.3, -0.25) is 9.59 Å². The molecule has 1 heterocycles. The van der Waals surface area contributed by atoms with E-state index in [4.69, 9.17) is 16.7 Å². The molecule has 1 aliphatic rings. The number of aliphatic carboxylic acids is 1. The summed E-state index contributed by atoms with van der Waals surface area (Å²) >= 11 is 6.08. The summed E-state index contributed by atoms with van der Waals surface area (Å²) in [7, 11) is 0. The fourth-order valence-electron chi connectivity index (χ4n) is 1.93. The van der Waals surface area contributed by atoms with E-state index in [0.29, 0.717) is 23.3 Å². The van der Waals surface area contributed by atoms with Gasteiger partial charge in [-0.05, 0) is 19.1 Å². The monoisotopic (exact) mass is 298 g/mol. The van der Waals surface area contributed by atoms with Crippen LogP contribution in [-0.4, -0.2) is 34.2 Å². The van der Waals surface area contributed by atoms with Crippen LogP contribution < -0.4 is 0 Å². The lowest BCUT2D eigenvalue weighted by Gasteiger charge is -2.22.